The first kappa shape index (κ1) is 12.8. The molecule has 2 rings (SSSR count). The topological polar surface area (TPSA) is 26.3 Å². The van der Waals surface area contributed by atoms with Crippen molar-refractivity contribution in [2.75, 3.05) is 6.61 Å². The molecule has 0 radical (unpaired) electrons. The maximum absolute atomic E-state index is 11.6. The average Bonchev–Trinajstić information content (AvgIpc) is 2.92. The zero-order valence-electron chi connectivity index (χ0n) is 10.2. The van der Waals surface area contributed by atoms with Gasteiger partial charge in [0, 0.05) is 0 Å². The third-order valence-electron chi connectivity index (χ3n) is 2.68. The van der Waals surface area contributed by atoms with Crippen molar-refractivity contribution in [1.82, 2.24) is 0 Å². The molecule has 3 heteroatoms. The normalized spacial score (nSPS) is 10.2. The van der Waals surface area contributed by atoms with Gasteiger partial charge in [-0.05, 0) is 53.8 Å². The molecule has 0 unspecified atom stereocenters. The fraction of sp³-hybridized carbons (Fsp3) is 0.267. The van der Waals surface area contributed by atoms with Crippen LogP contribution in [0.1, 0.15) is 28.8 Å². The van der Waals surface area contributed by atoms with Crippen molar-refractivity contribution in [3.8, 4) is 0 Å². The summed E-state index contributed by atoms with van der Waals surface area (Å²) >= 11 is 1.72. The predicted octanol–water partition coefficient (Wildman–Crippen LogP) is 3.93. The lowest BCUT2D eigenvalue weighted by atomic mass is 10.1. The molecule has 0 spiro atoms. The molecule has 0 saturated heterocycles. The molecule has 0 saturated carbocycles. The summed E-state index contributed by atoms with van der Waals surface area (Å²) < 4.78 is 5.21. The molecule has 0 aliphatic rings. The summed E-state index contributed by atoms with van der Waals surface area (Å²) in [7, 11) is 0. The molecule has 18 heavy (non-hydrogen) atoms. The molecule has 0 fully saturated rings. The minimum absolute atomic E-state index is 0.230. The molecule has 2 aromatic rings. The van der Waals surface area contributed by atoms with Crippen molar-refractivity contribution in [2.45, 2.75) is 19.3 Å². The zero-order chi connectivity index (χ0) is 12.6. The summed E-state index contributed by atoms with van der Waals surface area (Å²) in [6, 6.07) is 11.2. The molecule has 1 aromatic heterocycles. The summed E-state index contributed by atoms with van der Waals surface area (Å²) in [6.45, 7) is 0.498. The largest absolute Gasteiger partial charge is 0.462 e. The summed E-state index contributed by atoms with van der Waals surface area (Å²) in [6.07, 6.45) is 3.03. The second kappa shape index (κ2) is 6.97. The van der Waals surface area contributed by atoms with Crippen LogP contribution < -0.4 is 0 Å². The smallest absolute Gasteiger partial charge is 0.338 e. The van der Waals surface area contributed by atoms with Gasteiger partial charge >= 0.3 is 5.97 Å². The molecule has 0 bridgehead atoms. The van der Waals surface area contributed by atoms with Crippen LogP contribution in [0.5, 0.6) is 0 Å². The highest BCUT2D eigenvalue weighted by atomic mass is 32.1. The van der Waals surface area contributed by atoms with Crippen molar-refractivity contribution >= 4 is 17.3 Å². The molecule has 2 nitrogen and oxygen atoms in total. The minimum Gasteiger partial charge on any atom is -0.462 e. The molecule has 0 aliphatic carbocycles. The van der Waals surface area contributed by atoms with E-state index in [1.807, 2.05) is 18.2 Å². The summed E-state index contributed by atoms with van der Waals surface area (Å²) in [5.74, 6) is -0.230. The highest BCUT2D eigenvalue weighted by Gasteiger charge is 2.04. The van der Waals surface area contributed by atoms with E-state index in [0.717, 1.165) is 19.3 Å². The fourth-order valence-electron chi connectivity index (χ4n) is 1.69. The van der Waals surface area contributed by atoms with Gasteiger partial charge in [0.15, 0.2) is 0 Å². The number of hydrogen-bond donors (Lipinski definition) is 0. The summed E-state index contributed by atoms with van der Waals surface area (Å²) in [5, 5.41) is 4.25. The van der Waals surface area contributed by atoms with Crippen LogP contribution in [-0.4, -0.2) is 12.6 Å². The van der Waals surface area contributed by atoms with Crippen molar-refractivity contribution in [3.63, 3.8) is 0 Å². The van der Waals surface area contributed by atoms with Crippen molar-refractivity contribution in [1.29, 1.82) is 0 Å². The van der Waals surface area contributed by atoms with E-state index in [9.17, 15) is 4.79 Å². The number of thiophene rings is 1. The van der Waals surface area contributed by atoms with Gasteiger partial charge in [0.05, 0.1) is 12.2 Å². The van der Waals surface area contributed by atoms with E-state index in [1.54, 1.807) is 23.5 Å². The Kier molecular flexibility index (Phi) is 4.97. The first-order valence-corrected chi connectivity index (χ1v) is 7.04. The van der Waals surface area contributed by atoms with E-state index in [0.29, 0.717) is 12.2 Å². The first-order chi connectivity index (χ1) is 8.86. The number of carbonyl (C=O) groups excluding carboxylic acids is 1. The number of aryl methyl sites for hydroxylation is 1. The molecular formula is C15H16O2S. The second-order valence-electron chi connectivity index (χ2n) is 4.09. The Morgan fingerprint density at radius 1 is 1.11 bits per heavy atom. The SMILES string of the molecule is O=C(OCCCCc1ccsc1)c1ccccc1. The first-order valence-electron chi connectivity index (χ1n) is 6.09. The summed E-state index contributed by atoms with van der Waals surface area (Å²) in [4.78, 5) is 11.6. The Hall–Kier alpha value is -1.61. The zero-order valence-corrected chi connectivity index (χ0v) is 11.0. The van der Waals surface area contributed by atoms with Crippen molar-refractivity contribution < 1.29 is 9.53 Å². The van der Waals surface area contributed by atoms with Gasteiger partial charge in [-0.25, -0.2) is 4.79 Å². The van der Waals surface area contributed by atoms with Gasteiger partial charge in [-0.15, -0.1) is 0 Å². The van der Waals surface area contributed by atoms with Crippen LogP contribution >= 0.6 is 11.3 Å². The van der Waals surface area contributed by atoms with E-state index < -0.39 is 0 Å². The number of carbonyl (C=O) groups is 1. The molecule has 1 aromatic carbocycles. The van der Waals surface area contributed by atoms with Crippen LogP contribution in [0.3, 0.4) is 0 Å². The Balaban J connectivity index is 1.62. The average molecular weight is 260 g/mol. The number of unbranched alkanes of at least 4 members (excludes halogenated alkanes) is 1. The monoisotopic (exact) mass is 260 g/mol. The quantitative estimate of drug-likeness (QED) is 0.581. The Labute approximate surface area is 111 Å². The maximum Gasteiger partial charge on any atom is 0.338 e. The van der Waals surface area contributed by atoms with Gasteiger partial charge in [-0.1, -0.05) is 18.2 Å². The highest BCUT2D eigenvalue weighted by Crippen LogP contribution is 2.10. The lowest BCUT2D eigenvalue weighted by Crippen LogP contribution is -2.06. The fourth-order valence-corrected chi connectivity index (χ4v) is 2.39. The van der Waals surface area contributed by atoms with E-state index in [1.165, 1.54) is 5.56 Å². The van der Waals surface area contributed by atoms with Crippen LogP contribution in [0.25, 0.3) is 0 Å². The van der Waals surface area contributed by atoms with Gasteiger partial charge < -0.3 is 4.74 Å². The van der Waals surface area contributed by atoms with Gasteiger partial charge in [0.25, 0.3) is 0 Å². The molecule has 0 N–H and O–H groups in total. The molecular weight excluding hydrogens is 244 g/mol. The van der Waals surface area contributed by atoms with Crippen LogP contribution in [0.4, 0.5) is 0 Å². The van der Waals surface area contributed by atoms with Gasteiger partial charge in [0.1, 0.15) is 0 Å². The lowest BCUT2D eigenvalue weighted by Gasteiger charge is -2.04. The van der Waals surface area contributed by atoms with E-state index in [2.05, 4.69) is 16.8 Å². The number of ether oxygens (including phenoxy) is 1. The predicted molar refractivity (Wildman–Crippen MR) is 74.0 cm³/mol. The molecule has 94 valence electrons. The van der Waals surface area contributed by atoms with Crippen LogP contribution in [0.2, 0.25) is 0 Å². The van der Waals surface area contributed by atoms with Crippen molar-refractivity contribution in [3.05, 3.63) is 58.3 Å². The Morgan fingerprint density at radius 3 is 2.67 bits per heavy atom. The Bertz CT molecular complexity index is 463. The van der Waals surface area contributed by atoms with Gasteiger partial charge in [0.2, 0.25) is 0 Å². The highest BCUT2D eigenvalue weighted by molar-refractivity contribution is 7.07. The molecule has 0 amide bonds. The Morgan fingerprint density at radius 2 is 1.94 bits per heavy atom. The van der Waals surface area contributed by atoms with Gasteiger partial charge in [-0.2, -0.15) is 11.3 Å². The van der Waals surface area contributed by atoms with E-state index in [4.69, 9.17) is 4.74 Å². The van der Waals surface area contributed by atoms with E-state index in [-0.39, 0.29) is 5.97 Å². The third-order valence-corrected chi connectivity index (χ3v) is 3.41. The minimum atomic E-state index is -0.230. The van der Waals surface area contributed by atoms with Crippen LogP contribution in [-0.2, 0) is 11.2 Å². The number of hydrogen-bond acceptors (Lipinski definition) is 3. The van der Waals surface area contributed by atoms with Crippen LogP contribution in [0, 0.1) is 0 Å². The standard InChI is InChI=1S/C15H16O2S/c16-15(14-7-2-1-3-8-14)17-10-5-4-6-13-9-11-18-12-13/h1-3,7-9,11-12H,4-6,10H2. The second-order valence-corrected chi connectivity index (χ2v) is 4.87. The van der Waals surface area contributed by atoms with E-state index >= 15 is 0 Å². The maximum atomic E-state index is 11.6. The van der Waals surface area contributed by atoms with Crippen molar-refractivity contribution in [2.24, 2.45) is 0 Å². The van der Waals surface area contributed by atoms with Gasteiger partial charge in [-0.3, -0.25) is 0 Å². The number of esters is 1. The third kappa shape index (κ3) is 4.00. The number of rotatable bonds is 6. The molecule has 0 aliphatic heterocycles. The lowest BCUT2D eigenvalue weighted by molar-refractivity contribution is 0.0498. The summed E-state index contributed by atoms with van der Waals surface area (Å²) in [5.41, 5.74) is 1.99. The van der Waals surface area contributed by atoms with Crippen LogP contribution in [0.15, 0.2) is 47.2 Å². The molecule has 1 heterocycles. The number of benzene rings is 1. The molecule has 0 atom stereocenters.